The van der Waals surface area contributed by atoms with Crippen molar-refractivity contribution in [3.63, 3.8) is 0 Å². The van der Waals surface area contributed by atoms with Gasteiger partial charge in [0.15, 0.2) is 0 Å². The number of nitrogens with one attached hydrogen (secondary N) is 1. The second kappa shape index (κ2) is 4.19. The van der Waals surface area contributed by atoms with E-state index in [4.69, 9.17) is 11.3 Å². The average Bonchev–Trinajstić information content (AvgIpc) is 2.86. The van der Waals surface area contributed by atoms with Gasteiger partial charge in [-0.05, 0) is 12.1 Å². The van der Waals surface area contributed by atoms with Crippen molar-refractivity contribution in [2.45, 2.75) is 0 Å². The molecular formula is C13H10N4S. The fourth-order valence-corrected chi connectivity index (χ4v) is 2.82. The maximum absolute atomic E-state index is 7.28. The molecule has 0 aliphatic carbocycles. The molecular weight excluding hydrogens is 244 g/mol. The zero-order valence-corrected chi connectivity index (χ0v) is 10.2. The molecule has 3 rings (SSSR count). The van der Waals surface area contributed by atoms with E-state index >= 15 is 0 Å². The van der Waals surface area contributed by atoms with Crippen LogP contribution < -0.4 is 5.73 Å². The molecule has 3 aromatic rings. The Bertz CT molecular complexity index is 733. The van der Waals surface area contributed by atoms with Crippen LogP contribution in [0.1, 0.15) is 0 Å². The maximum Gasteiger partial charge on any atom is 0.116 e. The highest BCUT2D eigenvalue weighted by atomic mass is 32.1. The zero-order chi connectivity index (χ0) is 12.5. The topological polar surface area (TPSA) is 75.1 Å². The molecule has 2 aromatic carbocycles. The number of hydrogen-bond donors (Lipinski definition) is 2. The van der Waals surface area contributed by atoms with E-state index in [2.05, 4.69) is 10.1 Å². The lowest BCUT2D eigenvalue weighted by Gasteiger charge is -2.07. The van der Waals surface area contributed by atoms with E-state index in [1.54, 1.807) is 17.4 Å². The number of aromatic nitrogens is 1. The van der Waals surface area contributed by atoms with Gasteiger partial charge in [-0.25, -0.2) is 10.5 Å². The second-order valence-corrected chi connectivity index (χ2v) is 4.72. The third-order valence-corrected chi connectivity index (χ3v) is 3.70. The van der Waals surface area contributed by atoms with Crippen molar-refractivity contribution in [1.29, 1.82) is 5.53 Å². The molecule has 0 aliphatic heterocycles. The minimum atomic E-state index is 0.512. The zero-order valence-electron chi connectivity index (χ0n) is 9.42. The highest BCUT2D eigenvalue weighted by Crippen LogP contribution is 2.39. The summed E-state index contributed by atoms with van der Waals surface area (Å²) in [7, 11) is 0. The van der Waals surface area contributed by atoms with Crippen LogP contribution in [0.5, 0.6) is 0 Å². The first-order valence-corrected chi connectivity index (χ1v) is 6.28. The molecule has 5 heteroatoms. The number of hydrogen-bond acceptors (Lipinski definition) is 5. The lowest BCUT2D eigenvalue weighted by molar-refractivity contribution is 1.15. The Kier molecular flexibility index (Phi) is 2.53. The van der Waals surface area contributed by atoms with Crippen LogP contribution in [-0.4, -0.2) is 4.98 Å². The van der Waals surface area contributed by atoms with Gasteiger partial charge in [0.2, 0.25) is 0 Å². The molecule has 0 saturated heterocycles. The molecule has 0 atom stereocenters. The van der Waals surface area contributed by atoms with Crippen molar-refractivity contribution in [3.8, 4) is 11.1 Å². The number of fused-ring (bicyclic) bond motifs is 1. The summed E-state index contributed by atoms with van der Waals surface area (Å²) >= 11 is 1.58. The number of benzene rings is 2. The summed E-state index contributed by atoms with van der Waals surface area (Å²) in [5.41, 5.74) is 18.8. The van der Waals surface area contributed by atoms with E-state index in [1.807, 2.05) is 35.8 Å². The molecule has 0 aliphatic rings. The number of nitrogens with two attached hydrogens (primary N) is 1. The van der Waals surface area contributed by atoms with E-state index in [0.29, 0.717) is 11.4 Å². The molecule has 0 radical (unpaired) electrons. The highest BCUT2D eigenvalue weighted by molar-refractivity contribution is 7.17. The predicted octanol–water partition coefficient (Wildman–Crippen LogP) is 4.21. The van der Waals surface area contributed by atoms with Gasteiger partial charge in [-0.1, -0.05) is 24.3 Å². The summed E-state index contributed by atoms with van der Waals surface area (Å²) in [6, 6.07) is 11.5. The van der Waals surface area contributed by atoms with Crippen LogP contribution in [0.25, 0.3) is 21.3 Å². The summed E-state index contributed by atoms with van der Waals surface area (Å²) < 4.78 is 1.09. The van der Waals surface area contributed by atoms with Crippen LogP contribution in [-0.2, 0) is 0 Å². The predicted molar refractivity (Wildman–Crippen MR) is 74.3 cm³/mol. The fraction of sp³-hybridized carbons (Fsp3) is 0. The fourth-order valence-electron chi connectivity index (χ4n) is 2.00. The highest BCUT2D eigenvalue weighted by Gasteiger charge is 2.11. The Morgan fingerprint density at radius 1 is 1.11 bits per heavy atom. The van der Waals surface area contributed by atoms with Gasteiger partial charge in [-0.3, -0.25) is 0 Å². The van der Waals surface area contributed by atoms with Crippen molar-refractivity contribution in [2.75, 3.05) is 5.73 Å². The molecule has 0 spiro atoms. The lowest BCUT2D eigenvalue weighted by atomic mass is 10.0. The summed E-state index contributed by atoms with van der Waals surface area (Å²) in [4.78, 5) is 4.29. The van der Waals surface area contributed by atoms with Crippen molar-refractivity contribution in [1.82, 2.24) is 4.98 Å². The minimum absolute atomic E-state index is 0.512. The van der Waals surface area contributed by atoms with E-state index in [-0.39, 0.29) is 0 Å². The lowest BCUT2D eigenvalue weighted by Crippen LogP contribution is -1.87. The second-order valence-electron chi connectivity index (χ2n) is 3.86. The maximum atomic E-state index is 7.28. The van der Waals surface area contributed by atoms with Crippen LogP contribution in [0.3, 0.4) is 0 Å². The Morgan fingerprint density at radius 3 is 2.72 bits per heavy atom. The van der Waals surface area contributed by atoms with Crippen molar-refractivity contribution in [2.24, 2.45) is 5.11 Å². The summed E-state index contributed by atoms with van der Waals surface area (Å²) in [6.45, 7) is 0. The first kappa shape index (κ1) is 10.9. The Labute approximate surface area is 108 Å². The first-order chi connectivity index (χ1) is 8.81. The number of rotatable bonds is 2. The smallest absolute Gasteiger partial charge is 0.116 e. The van der Waals surface area contributed by atoms with Crippen LogP contribution in [0.4, 0.5) is 11.4 Å². The Hall–Kier alpha value is -2.27. The van der Waals surface area contributed by atoms with Gasteiger partial charge in [-0.2, -0.15) is 5.11 Å². The molecule has 1 aromatic heterocycles. The van der Waals surface area contributed by atoms with E-state index in [9.17, 15) is 0 Å². The van der Waals surface area contributed by atoms with Gasteiger partial charge in [0.25, 0.3) is 0 Å². The molecule has 3 N–H and O–H groups in total. The number of nitrogen functional groups attached to an aromatic ring is 1. The quantitative estimate of drug-likeness (QED) is 0.531. The van der Waals surface area contributed by atoms with Crippen LogP contribution >= 0.6 is 11.3 Å². The van der Waals surface area contributed by atoms with Gasteiger partial charge in [0.05, 0.1) is 21.4 Å². The largest absolute Gasteiger partial charge is 0.397 e. The van der Waals surface area contributed by atoms with E-state index in [0.717, 1.165) is 21.3 Å². The van der Waals surface area contributed by atoms with Crippen molar-refractivity contribution in [3.05, 3.63) is 41.9 Å². The number of nitrogens with zero attached hydrogens (tertiary/aromatic N) is 2. The molecule has 4 nitrogen and oxygen atoms in total. The van der Waals surface area contributed by atoms with Gasteiger partial charge >= 0.3 is 0 Å². The monoisotopic (exact) mass is 254 g/mol. The standard InChI is InChI=1S/C13H10N4S/c14-10-5-1-3-8(12(10)17-15)9-4-2-6-11-13(9)18-7-16-11/h1-7,15H,14H2. The molecule has 1 heterocycles. The molecule has 0 fully saturated rings. The molecule has 0 unspecified atom stereocenters. The van der Waals surface area contributed by atoms with Crippen molar-refractivity contribution >= 4 is 32.9 Å². The third kappa shape index (κ3) is 1.56. The molecule has 0 bridgehead atoms. The summed E-state index contributed by atoms with van der Waals surface area (Å²) in [5, 5.41) is 3.55. The summed E-state index contributed by atoms with van der Waals surface area (Å²) in [6.07, 6.45) is 0. The Balaban J connectivity index is 2.36. The SMILES string of the molecule is N=Nc1c(N)cccc1-c1cccc2ncsc12. The molecule has 0 saturated carbocycles. The third-order valence-electron chi connectivity index (χ3n) is 2.83. The minimum Gasteiger partial charge on any atom is -0.397 e. The van der Waals surface area contributed by atoms with Gasteiger partial charge in [0.1, 0.15) is 5.69 Å². The van der Waals surface area contributed by atoms with Crippen LogP contribution in [0, 0.1) is 5.53 Å². The summed E-state index contributed by atoms with van der Waals surface area (Å²) in [5.74, 6) is 0. The number of para-hydroxylation sites is 1. The number of anilines is 1. The van der Waals surface area contributed by atoms with Crippen LogP contribution in [0.15, 0.2) is 47.0 Å². The van der Waals surface area contributed by atoms with E-state index in [1.165, 1.54) is 0 Å². The number of thiazole rings is 1. The average molecular weight is 254 g/mol. The first-order valence-electron chi connectivity index (χ1n) is 5.40. The molecule has 18 heavy (non-hydrogen) atoms. The van der Waals surface area contributed by atoms with Crippen LogP contribution in [0.2, 0.25) is 0 Å². The van der Waals surface area contributed by atoms with E-state index < -0.39 is 0 Å². The van der Waals surface area contributed by atoms with Crippen molar-refractivity contribution < 1.29 is 0 Å². The Morgan fingerprint density at radius 2 is 1.89 bits per heavy atom. The van der Waals surface area contributed by atoms with Gasteiger partial charge in [-0.15, -0.1) is 11.3 Å². The molecule has 88 valence electrons. The normalized spacial score (nSPS) is 10.7. The van der Waals surface area contributed by atoms with Gasteiger partial charge < -0.3 is 5.73 Å². The van der Waals surface area contributed by atoms with Gasteiger partial charge in [0, 0.05) is 11.1 Å². The molecule has 0 amide bonds.